The van der Waals surface area contributed by atoms with Gasteiger partial charge in [0.1, 0.15) is 6.04 Å². The molecule has 3 aromatic carbocycles. The highest BCUT2D eigenvalue weighted by atomic mass is 32.2. The lowest BCUT2D eigenvalue weighted by Crippen LogP contribution is -2.45. The topological polar surface area (TPSA) is 142 Å². The van der Waals surface area contributed by atoms with Crippen molar-refractivity contribution in [1.82, 2.24) is 10.0 Å². The van der Waals surface area contributed by atoms with E-state index in [1.807, 2.05) is 30.3 Å². The molecule has 0 bridgehead atoms. The fraction of sp³-hybridized carbons (Fsp3) is 0.222. The van der Waals surface area contributed by atoms with Gasteiger partial charge in [0.05, 0.1) is 10.5 Å². The highest BCUT2D eigenvalue weighted by Crippen LogP contribution is 2.17. The molecule has 0 aliphatic heterocycles. The first kappa shape index (κ1) is 27.6. The standard InChI is InChI=1S/C27H29N3O6S/c1-27(2,3)30-37(35,36)22-15-13-21(14-16-22)28-25(32)23(17-18-7-5-4-6-8-18)29-24(31)19-9-11-20(12-10-19)26(33)34/h4-16,23,30H,17H2,1-3H3,(H,28,32)(H,29,31)(H,33,34). The van der Waals surface area contributed by atoms with Crippen LogP contribution in [0.25, 0.3) is 0 Å². The molecule has 3 aromatic rings. The summed E-state index contributed by atoms with van der Waals surface area (Å²) in [5.74, 6) is -2.15. The lowest BCUT2D eigenvalue weighted by Gasteiger charge is -2.21. The predicted octanol–water partition coefficient (Wildman–Crippen LogP) is 3.44. The Hall–Kier alpha value is -4.02. The molecule has 4 N–H and O–H groups in total. The zero-order valence-corrected chi connectivity index (χ0v) is 21.5. The maximum Gasteiger partial charge on any atom is 0.335 e. The number of amides is 2. The van der Waals surface area contributed by atoms with E-state index in [-0.39, 0.29) is 22.4 Å². The van der Waals surface area contributed by atoms with Gasteiger partial charge in [-0.2, -0.15) is 0 Å². The average molecular weight is 524 g/mol. The van der Waals surface area contributed by atoms with Crippen molar-refractivity contribution in [1.29, 1.82) is 0 Å². The molecule has 1 atom stereocenters. The van der Waals surface area contributed by atoms with E-state index in [4.69, 9.17) is 5.11 Å². The van der Waals surface area contributed by atoms with Crippen LogP contribution in [0.4, 0.5) is 5.69 Å². The van der Waals surface area contributed by atoms with Crippen LogP contribution in [0, 0.1) is 0 Å². The Bertz CT molecular complexity index is 1360. The molecule has 0 saturated carbocycles. The van der Waals surface area contributed by atoms with Crippen LogP contribution in [0.2, 0.25) is 0 Å². The quantitative estimate of drug-likeness (QED) is 0.339. The molecule has 0 spiro atoms. The van der Waals surface area contributed by atoms with Crippen molar-refractivity contribution in [2.75, 3.05) is 5.32 Å². The molecule has 0 aliphatic rings. The Morgan fingerprint density at radius 3 is 1.95 bits per heavy atom. The SMILES string of the molecule is CC(C)(C)NS(=O)(=O)c1ccc(NC(=O)C(Cc2ccccc2)NC(=O)c2ccc(C(=O)O)cc2)cc1. The maximum atomic E-state index is 13.2. The molecular formula is C27H29N3O6S. The highest BCUT2D eigenvalue weighted by molar-refractivity contribution is 7.89. The summed E-state index contributed by atoms with van der Waals surface area (Å²) >= 11 is 0. The zero-order valence-electron chi connectivity index (χ0n) is 20.7. The Morgan fingerprint density at radius 2 is 1.41 bits per heavy atom. The van der Waals surface area contributed by atoms with Gasteiger partial charge in [-0.25, -0.2) is 17.9 Å². The van der Waals surface area contributed by atoms with Crippen molar-refractivity contribution in [3.63, 3.8) is 0 Å². The van der Waals surface area contributed by atoms with E-state index < -0.39 is 39.4 Å². The molecular weight excluding hydrogens is 494 g/mol. The molecule has 194 valence electrons. The predicted molar refractivity (Wildman–Crippen MR) is 140 cm³/mol. The van der Waals surface area contributed by atoms with Crippen LogP contribution in [0.15, 0.2) is 83.8 Å². The summed E-state index contributed by atoms with van der Waals surface area (Å²) in [7, 11) is -3.73. The Morgan fingerprint density at radius 1 is 0.838 bits per heavy atom. The molecule has 0 heterocycles. The molecule has 3 rings (SSSR count). The van der Waals surface area contributed by atoms with Gasteiger partial charge >= 0.3 is 5.97 Å². The number of hydrogen-bond acceptors (Lipinski definition) is 5. The molecule has 10 heteroatoms. The lowest BCUT2D eigenvalue weighted by atomic mass is 10.0. The number of benzene rings is 3. The van der Waals surface area contributed by atoms with E-state index in [0.29, 0.717) is 5.69 Å². The van der Waals surface area contributed by atoms with E-state index >= 15 is 0 Å². The zero-order chi connectivity index (χ0) is 27.2. The number of carboxylic acid groups (broad SMARTS) is 1. The summed E-state index contributed by atoms with van der Waals surface area (Å²) < 4.78 is 27.6. The molecule has 2 amide bonds. The van der Waals surface area contributed by atoms with E-state index in [0.717, 1.165) is 5.56 Å². The fourth-order valence-corrected chi connectivity index (χ4v) is 4.89. The molecule has 0 saturated heterocycles. The summed E-state index contributed by atoms with van der Waals surface area (Å²) in [6.07, 6.45) is 0.202. The van der Waals surface area contributed by atoms with Crippen LogP contribution in [0.1, 0.15) is 47.1 Å². The number of rotatable bonds is 9. The number of carbonyl (C=O) groups excluding carboxylic acids is 2. The monoisotopic (exact) mass is 523 g/mol. The van der Waals surface area contributed by atoms with E-state index in [1.54, 1.807) is 20.8 Å². The Balaban J connectivity index is 1.77. The summed E-state index contributed by atoms with van der Waals surface area (Å²) in [5, 5.41) is 14.5. The van der Waals surface area contributed by atoms with Gasteiger partial charge in [0.25, 0.3) is 5.91 Å². The second-order valence-corrected chi connectivity index (χ2v) is 11.1. The molecule has 0 fully saturated rings. The van der Waals surface area contributed by atoms with Crippen LogP contribution < -0.4 is 15.4 Å². The summed E-state index contributed by atoms with van der Waals surface area (Å²) in [5.41, 5.74) is 0.773. The first-order chi connectivity index (χ1) is 17.3. The van der Waals surface area contributed by atoms with Crippen molar-refractivity contribution in [2.24, 2.45) is 0 Å². The lowest BCUT2D eigenvalue weighted by molar-refractivity contribution is -0.118. The molecule has 0 aliphatic carbocycles. The number of hydrogen-bond donors (Lipinski definition) is 4. The van der Waals surface area contributed by atoms with E-state index in [9.17, 15) is 22.8 Å². The molecule has 1 unspecified atom stereocenters. The van der Waals surface area contributed by atoms with Gasteiger partial charge in [-0.1, -0.05) is 30.3 Å². The number of anilines is 1. The van der Waals surface area contributed by atoms with E-state index in [2.05, 4.69) is 15.4 Å². The van der Waals surface area contributed by atoms with Gasteiger partial charge in [0.2, 0.25) is 15.9 Å². The largest absolute Gasteiger partial charge is 0.478 e. The summed E-state index contributed by atoms with van der Waals surface area (Å²) in [6.45, 7) is 5.21. The van der Waals surface area contributed by atoms with Crippen molar-refractivity contribution >= 4 is 33.5 Å². The second-order valence-electron chi connectivity index (χ2n) is 9.47. The first-order valence-corrected chi connectivity index (χ1v) is 13.0. The van der Waals surface area contributed by atoms with Crippen molar-refractivity contribution in [3.05, 3.63) is 95.6 Å². The minimum atomic E-state index is -3.73. The third-order valence-electron chi connectivity index (χ3n) is 5.17. The minimum absolute atomic E-state index is 0.0401. The third kappa shape index (κ3) is 7.99. The van der Waals surface area contributed by atoms with Crippen LogP contribution in [0.5, 0.6) is 0 Å². The van der Waals surface area contributed by atoms with Crippen molar-refractivity contribution in [3.8, 4) is 0 Å². The maximum absolute atomic E-state index is 13.2. The third-order valence-corrected chi connectivity index (χ3v) is 6.95. The van der Waals surface area contributed by atoms with Gasteiger partial charge in [0.15, 0.2) is 0 Å². The smallest absolute Gasteiger partial charge is 0.335 e. The van der Waals surface area contributed by atoms with Crippen molar-refractivity contribution < 1.29 is 27.9 Å². The number of carbonyl (C=O) groups is 3. The van der Waals surface area contributed by atoms with Crippen LogP contribution in [-0.4, -0.2) is 42.9 Å². The normalized spacial score (nSPS) is 12.4. The van der Waals surface area contributed by atoms with Gasteiger partial charge in [-0.15, -0.1) is 0 Å². The van der Waals surface area contributed by atoms with Gasteiger partial charge in [0, 0.05) is 23.2 Å². The Kier molecular flexibility index (Phi) is 8.46. The Labute approximate surface area is 216 Å². The number of aromatic carboxylic acids is 1. The second kappa shape index (κ2) is 11.4. The van der Waals surface area contributed by atoms with Crippen LogP contribution in [0.3, 0.4) is 0 Å². The van der Waals surface area contributed by atoms with Crippen LogP contribution >= 0.6 is 0 Å². The highest BCUT2D eigenvalue weighted by Gasteiger charge is 2.24. The minimum Gasteiger partial charge on any atom is -0.478 e. The number of nitrogens with one attached hydrogen (secondary N) is 3. The van der Waals surface area contributed by atoms with Gasteiger partial charge in [-0.3, -0.25) is 9.59 Å². The van der Waals surface area contributed by atoms with Gasteiger partial charge in [-0.05, 0) is 74.9 Å². The molecule has 37 heavy (non-hydrogen) atoms. The van der Waals surface area contributed by atoms with Gasteiger partial charge < -0.3 is 15.7 Å². The van der Waals surface area contributed by atoms with Crippen LogP contribution in [-0.2, 0) is 21.2 Å². The van der Waals surface area contributed by atoms with Crippen molar-refractivity contribution in [2.45, 2.75) is 43.7 Å². The molecule has 0 aromatic heterocycles. The fourth-order valence-electron chi connectivity index (χ4n) is 3.47. The summed E-state index contributed by atoms with van der Waals surface area (Å²) in [4.78, 5) is 37.1. The molecule has 9 nitrogen and oxygen atoms in total. The first-order valence-electron chi connectivity index (χ1n) is 11.5. The number of sulfonamides is 1. The molecule has 0 radical (unpaired) electrons. The summed E-state index contributed by atoms with van der Waals surface area (Å²) in [6, 6.07) is 19.3. The number of carboxylic acids is 1. The average Bonchev–Trinajstić information content (AvgIpc) is 2.83. The van der Waals surface area contributed by atoms with E-state index in [1.165, 1.54) is 48.5 Å².